The van der Waals surface area contributed by atoms with Crippen molar-refractivity contribution in [1.29, 1.82) is 0 Å². The Labute approximate surface area is 124 Å². The lowest BCUT2D eigenvalue weighted by Gasteiger charge is -2.44. The Morgan fingerprint density at radius 1 is 1.25 bits per heavy atom. The first-order valence-electron chi connectivity index (χ1n) is 7.93. The summed E-state index contributed by atoms with van der Waals surface area (Å²) in [6.45, 7) is 14.6. The minimum Gasteiger partial charge on any atom is -0.312 e. The van der Waals surface area contributed by atoms with Crippen LogP contribution in [-0.4, -0.2) is 41.1 Å². The van der Waals surface area contributed by atoms with Gasteiger partial charge < -0.3 is 5.32 Å². The maximum atomic E-state index is 4.24. The van der Waals surface area contributed by atoms with Gasteiger partial charge in [-0.2, -0.15) is 0 Å². The summed E-state index contributed by atoms with van der Waals surface area (Å²) in [5.74, 6) is 0. The van der Waals surface area contributed by atoms with Crippen molar-refractivity contribution in [3.63, 3.8) is 0 Å². The van der Waals surface area contributed by atoms with Crippen LogP contribution in [0.1, 0.15) is 46.6 Å². The third-order valence-electron chi connectivity index (χ3n) is 4.23. The minimum atomic E-state index is 0.133. The fourth-order valence-corrected chi connectivity index (χ4v) is 2.90. The van der Waals surface area contributed by atoms with Gasteiger partial charge in [-0.05, 0) is 58.0 Å². The van der Waals surface area contributed by atoms with Crippen molar-refractivity contribution in [2.24, 2.45) is 0 Å². The molecule has 114 valence electrons. The number of rotatable bonds is 9. The minimum absolute atomic E-state index is 0.133. The first kappa shape index (κ1) is 17.1. The molecule has 1 N–H and O–H groups in total. The van der Waals surface area contributed by atoms with Gasteiger partial charge in [0.15, 0.2) is 0 Å². The summed E-state index contributed by atoms with van der Waals surface area (Å²) in [7, 11) is 0. The Balaban J connectivity index is 2.87. The van der Waals surface area contributed by atoms with Crippen molar-refractivity contribution in [2.75, 3.05) is 19.6 Å². The smallest absolute Gasteiger partial charge is 0.0309 e. The quantitative estimate of drug-likeness (QED) is 0.752. The third-order valence-corrected chi connectivity index (χ3v) is 4.23. The summed E-state index contributed by atoms with van der Waals surface area (Å²) in [5.41, 5.74) is 1.44. The number of aromatic nitrogens is 1. The third kappa shape index (κ3) is 4.57. The summed E-state index contributed by atoms with van der Waals surface area (Å²) in [6, 6.07) is 4.63. The Bertz CT molecular complexity index is 358. The summed E-state index contributed by atoms with van der Waals surface area (Å²) in [4.78, 5) is 6.78. The van der Waals surface area contributed by atoms with Crippen LogP contribution in [0.25, 0.3) is 0 Å². The van der Waals surface area contributed by atoms with Gasteiger partial charge in [0, 0.05) is 24.0 Å². The second kappa shape index (κ2) is 8.38. The zero-order valence-electron chi connectivity index (χ0n) is 13.8. The van der Waals surface area contributed by atoms with Crippen LogP contribution in [0, 0.1) is 0 Å². The molecule has 0 aliphatic rings. The Morgan fingerprint density at radius 2 is 1.95 bits per heavy atom. The molecule has 0 amide bonds. The molecule has 1 aromatic heterocycles. The molecule has 0 aliphatic carbocycles. The first-order chi connectivity index (χ1) is 9.56. The second-order valence-corrected chi connectivity index (χ2v) is 5.90. The molecule has 0 spiro atoms. The highest BCUT2D eigenvalue weighted by Crippen LogP contribution is 2.22. The van der Waals surface area contributed by atoms with Crippen LogP contribution in [0.4, 0.5) is 0 Å². The highest BCUT2D eigenvalue weighted by molar-refractivity contribution is 5.12. The largest absolute Gasteiger partial charge is 0.312 e. The number of hydrogen-bond donors (Lipinski definition) is 1. The Morgan fingerprint density at radius 3 is 2.45 bits per heavy atom. The van der Waals surface area contributed by atoms with Crippen LogP contribution in [0.3, 0.4) is 0 Å². The summed E-state index contributed by atoms with van der Waals surface area (Å²) >= 11 is 0. The van der Waals surface area contributed by atoms with Gasteiger partial charge in [0.2, 0.25) is 0 Å². The van der Waals surface area contributed by atoms with E-state index in [1.807, 2.05) is 18.5 Å². The maximum absolute atomic E-state index is 4.24. The normalized spacial score (nSPS) is 13.7. The first-order valence-corrected chi connectivity index (χ1v) is 7.93. The highest BCUT2D eigenvalue weighted by Gasteiger charge is 2.33. The van der Waals surface area contributed by atoms with Gasteiger partial charge in [-0.1, -0.05) is 26.8 Å². The zero-order valence-corrected chi connectivity index (χ0v) is 13.8. The second-order valence-electron chi connectivity index (χ2n) is 5.90. The number of nitrogens with one attached hydrogen (secondary N) is 1. The summed E-state index contributed by atoms with van der Waals surface area (Å²) in [6.07, 6.45) is 6.02. The molecule has 1 atom stereocenters. The van der Waals surface area contributed by atoms with Gasteiger partial charge >= 0.3 is 0 Å². The average molecular weight is 277 g/mol. The zero-order chi connectivity index (χ0) is 15.0. The molecular formula is C17H31N3. The van der Waals surface area contributed by atoms with Gasteiger partial charge in [0.05, 0.1) is 0 Å². The molecule has 20 heavy (non-hydrogen) atoms. The molecule has 3 nitrogen and oxygen atoms in total. The van der Waals surface area contributed by atoms with Crippen LogP contribution >= 0.6 is 0 Å². The van der Waals surface area contributed by atoms with Crippen molar-refractivity contribution in [3.05, 3.63) is 30.1 Å². The van der Waals surface area contributed by atoms with E-state index in [9.17, 15) is 0 Å². The molecule has 1 heterocycles. The van der Waals surface area contributed by atoms with E-state index < -0.39 is 0 Å². The van der Waals surface area contributed by atoms with E-state index in [1.165, 1.54) is 5.56 Å². The molecular weight excluding hydrogens is 246 g/mol. The lowest BCUT2D eigenvalue weighted by atomic mass is 9.87. The predicted octanol–water partition coefficient (Wildman–Crippen LogP) is 3.11. The molecule has 1 rings (SSSR count). The molecule has 0 radical (unpaired) electrons. The van der Waals surface area contributed by atoms with E-state index in [0.717, 1.165) is 32.5 Å². The average Bonchev–Trinajstić information content (AvgIpc) is 2.45. The molecule has 0 saturated carbocycles. The van der Waals surface area contributed by atoms with Crippen molar-refractivity contribution in [3.8, 4) is 0 Å². The molecule has 1 aromatic rings. The van der Waals surface area contributed by atoms with Crippen LogP contribution in [0.5, 0.6) is 0 Å². The Hall–Kier alpha value is -0.930. The van der Waals surface area contributed by atoms with E-state index in [-0.39, 0.29) is 5.54 Å². The predicted molar refractivity (Wildman–Crippen MR) is 87.0 cm³/mol. The lowest BCUT2D eigenvalue weighted by molar-refractivity contribution is 0.0911. The van der Waals surface area contributed by atoms with Crippen LogP contribution in [0.15, 0.2) is 24.5 Å². The van der Waals surface area contributed by atoms with E-state index >= 15 is 0 Å². The maximum Gasteiger partial charge on any atom is 0.0309 e. The molecule has 0 aliphatic heterocycles. The molecule has 1 unspecified atom stereocenters. The highest BCUT2D eigenvalue weighted by atomic mass is 15.2. The molecule has 3 heteroatoms. The standard InChI is InChI=1S/C17H31N3/c1-6-11-19-16(13-15-10-9-12-18-14-15)17(4,5)20(7-2)8-3/h9-10,12,14,16,19H,6-8,11,13H2,1-5H3. The number of likely N-dealkylation sites (N-methyl/N-ethyl adjacent to an activating group) is 1. The van der Waals surface area contributed by atoms with Gasteiger partial charge in [-0.15, -0.1) is 0 Å². The molecule has 0 aromatic carbocycles. The fourth-order valence-electron chi connectivity index (χ4n) is 2.90. The van der Waals surface area contributed by atoms with Crippen molar-refractivity contribution >= 4 is 0 Å². The number of hydrogen-bond acceptors (Lipinski definition) is 3. The van der Waals surface area contributed by atoms with Crippen LogP contribution in [0.2, 0.25) is 0 Å². The number of pyridine rings is 1. The van der Waals surface area contributed by atoms with E-state index in [4.69, 9.17) is 0 Å². The summed E-state index contributed by atoms with van der Waals surface area (Å²) in [5, 5.41) is 3.74. The van der Waals surface area contributed by atoms with Gasteiger partial charge in [-0.25, -0.2) is 0 Å². The van der Waals surface area contributed by atoms with Gasteiger partial charge in [0.25, 0.3) is 0 Å². The van der Waals surface area contributed by atoms with Crippen molar-refractivity contribution in [1.82, 2.24) is 15.2 Å². The molecule has 0 saturated heterocycles. The molecule has 0 bridgehead atoms. The molecule has 0 fully saturated rings. The van der Waals surface area contributed by atoms with Crippen LogP contribution in [-0.2, 0) is 6.42 Å². The van der Waals surface area contributed by atoms with Crippen molar-refractivity contribution < 1.29 is 0 Å². The monoisotopic (exact) mass is 277 g/mol. The lowest BCUT2D eigenvalue weighted by Crippen LogP contribution is -2.58. The van der Waals surface area contributed by atoms with Gasteiger partial charge in [-0.3, -0.25) is 9.88 Å². The summed E-state index contributed by atoms with van der Waals surface area (Å²) < 4.78 is 0. The topological polar surface area (TPSA) is 28.2 Å². The SMILES string of the molecule is CCCNC(Cc1cccnc1)C(C)(C)N(CC)CC. The van der Waals surface area contributed by atoms with Crippen molar-refractivity contribution in [2.45, 2.75) is 59.0 Å². The van der Waals surface area contributed by atoms with E-state index in [1.54, 1.807) is 0 Å². The van der Waals surface area contributed by atoms with E-state index in [0.29, 0.717) is 6.04 Å². The Kier molecular flexibility index (Phi) is 7.17. The fraction of sp³-hybridized carbons (Fsp3) is 0.706. The van der Waals surface area contributed by atoms with Gasteiger partial charge in [0.1, 0.15) is 0 Å². The van der Waals surface area contributed by atoms with Crippen LogP contribution < -0.4 is 5.32 Å². The number of nitrogens with zero attached hydrogens (tertiary/aromatic N) is 2. The van der Waals surface area contributed by atoms with E-state index in [2.05, 4.69) is 55.9 Å².